The highest BCUT2D eigenvalue weighted by Gasteiger charge is 2.12. The van der Waals surface area contributed by atoms with Gasteiger partial charge in [-0.25, -0.2) is 13.8 Å². The molecule has 0 atom stereocenters. The van der Waals surface area contributed by atoms with E-state index in [2.05, 4.69) is 15.3 Å². The quantitative estimate of drug-likeness (QED) is 0.866. The number of pyridine rings is 2. The molecule has 100 valence electrons. The molecule has 2 heterocycles. The Morgan fingerprint density at radius 2 is 2.05 bits per heavy atom. The third-order valence-electron chi connectivity index (χ3n) is 2.38. The number of aromatic nitrogens is 2. The molecule has 0 aromatic carbocycles. The molecule has 0 radical (unpaired) electrons. The fourth-order valence-corrected chi connectivity index (χ4v) is 1.49. The van der Waals surface area contributed by atoms with Crippen LogP contribution in [0, 0.1) is 17.6 Å². The standard InChI is InChI=1S/C12H10F3N3O/c1-19-12-7(3-2-4-16-12)6-17-11-9(14)5-8(13)10(15)18-11/h2-5H,6H2,1H3,(H,17,18). The van der Waals surface area contributed by atoms with Crippen molar-refractivity contribution in [2.45, 2.75) is 6.54 Å². The number of nitrogens with zero attached hydrogens (tertiary/aromatic N) is 2. The van der Waals surface area contributed by atoms with Crippen molar-refractivity contribution in [3.05, 3.63) is 47.5 Å². The van der Waals surface area contributed by atoms with E-state index in [1.165, 1.54) is 7.11 Å². The maximum absolute atomic E-state index is 13.3. The fraction of sp³-hybridized carbons (Fsp3) is 0.167. The van der Waals surface area contributed by atoms with E-state index in [0.29, 0.717) is 17.5 Å². The maximum Gasteiger partial charge on any atom is 0.251 e. The summed E-state index contributed by atoms with van der Waals surface area (Å²) in [7, 11) is 1.45. The number of anilines is 1. The van der Waals surface area contributed by atoms with Gasteiger partial charge < -0.3 is 10.1 Å². The Morgan fingerprint density at radius 1 is 1.26 bits per heavy atom. The van der Waals surface area contributed by atoms with E-state index in [4.69, 9.17) is 4.74 Å². The van der Waals surface area contributed by atoms with Gasteiger partial charge in [0.2, 0.25) is 5.88 Å². The zero-order valence-corrected chi connectivity index (χ0v) is 9.95. The minimum atomic E-state index is -1.36. The molecule has 0 fully saturated rings. The lowest BCUT2D eigenvalue weighted by atomic mass is 10.2. The topological polar surface area (TPSA) is 47.0 Å². The van der Waals surface area contributed by atoms with Crippen LogP contribution in [-0.2, 0) is 6.54 Å². The molecule has 0 unspecified atom stereocenters. The Balaban J connectivity index is 2.17. The third kappa shape index (κ3) is 2.93. The van der Waals surface area contributed by atoms with Crippen LogP contribution in [-0.4, -0.2) is 17.1 Å². The van der Waals surface area contributed by atoms with Crippen molar-refractivity contribution in [1.82, 2.24) is 9.97 Å². The first-order chi connectivity index (χ1) is 9.11. The summed E-state index contributed by atoms with van der Waals surface area (Å²) in [4.78, 5) is 7.11. The van der Waals surface area contributed by atoms with Crippen LogP contribution in [0.25, 0.3) is 0 Å². The van der Waals surface area contributed by atoms with Crippen LogP contribution in [0.2, 0.25) is 0 Å². The second-order valence-corrected chi connectivity index (χ2v) is 3.62. The van der Waals surface area contributed by atoms with Crippen LogP contribution in [0.5, 0.6) is 5.88 Å². The molecule has 1 N–H and O–H groups in total. The maximum atomic E-state index is 13.3. The molecule has 7 heteroatoms. The van der Waals surface area contributed by atoms with Crippen molar-refractivity contribution in [2.75, 3.05) is 12.4 Å². The average Bonchev–Trinajstić information content (AvgIpc) is 2.41. The summed E-state index contributed by atoms with van der Waals surface area (Å²) in [6, 6.07) is 3.82. The highest BCUT2D eigenvalue weighted by Crippen LogP contribution is 2.18. The lowest BCUT2D eigenvalue weighted by Crippen LogP contribution is -2.07. The highest BCUT2D eigenvalue weighted by molar-refractivity contribution is 5.38. The molecule has 0 aliphatic rings. The van der Waals surface area contributed by atoms with Gasteiger partial charge >= 0.3 is 0 Å². The van der Waals surface area contributed by atoms with Gasteiger partial charge in [0, 0.05) is 24.4 Å². The number of nitrogens with one attached hydrogen (secondary N) is 1. The molecule has 0 saturated carbocycles. The first kappa shape index (κ1) is 13.1. The summed E-state index contributed by atoms with van der Waals surface area (Å²) in [5.74, 6) is -3.67. The lowest BCUT2D eigenvalue weighted by molar-refractivity contribution is 0.393. The fourth-order valence-electron chi connectivity index (χ4n) is 1.49. The van der Waals surface area contributed by atoms with E-state index in [1.807, 2.05) is 0 Å². The molecular weight excluding hydrogens is 259 g/mol. The van der Waals surface area contributed by atoms with Gasteiger partial charge in [0.15, 0.2) is 17.5 Å². The SMILES string of the molecule is COc1ncccc1CNc1nc(F)c(F)cc1F. The molecule has 0 bridgehead atoms. The number of hydrogen-bond acceptors (Lipinski definition) is 4. The summed E-state index contributed by atoms with van der Waals surface area (Å²) in [6.45, 7) is 0.117. The Morgan fingerprint density at radius 3 is 2.79 bits per heavy atom. The zero-order chi connectivity index (χ0) is 13.8. The van der Waals surface area contributed by atoms with Gasteiger partial charge in [-0.1, -0.05) is 6.07 Å². The van der Waals surface area contributed by atoms with Gasteiger partial charge in [-0.05, 0) is 6.07 Å². The predicted octanol–water partition coefficient (Wildman–Crippen LogP) is 2.51. The summed E-state index contributed by atoms with van der Waals surface area (Å²) >= 11 is 0. The van der Waals surface area contributed by atoms with Gasteiger partial charge in [0.05, 0.1) is 7.11 Å². The Kier molecular flexibility index (Phi) is 3.84. The summed E-state index contributed by atoms with van der Waals surface area (Å²) in [5, 5.41) is 2.56. The van der Waals surface area contributed by atoms with Gasteiger partial charge in [-0.15, -0.1) is 0 Å². The molecule has 2 rings (SSSR count). The summed E-state index contributed by atoms with van der Waals surface area (Å²) < 4.78 is 44.0. The van der Waals surface area contributed by atoms with Gasteiger partial charge in [0.1, 0.15) is 0 Å². The average molecular weight is 269 g/mol. The van der Waals surface area contributed by atoms with E-state index in [1.54, 1.807) is 18.3 Å². The molecule has 0 saturated heterocycles. The number of rotatable bonds is 4. The molecule has 0 spiro atoms. The first-order valence-electron chi connectivity index (χ1n) is 5.35. The smallest absolute Gasteiger partial charge is 0.251 e. The van der Waals surface area contributed by atoms with Crippen molar-refractivity contribution >= 4 is 5.82 Å². The van der Waals surface area contributed by atoms with Crippen molar-refractivity contribution in [3.8, 4) is 5.88 Å². The van der Waals surface area contributed by atoms with Crippen LogP contribution in [0.15, 0.2) is 24.4 Å². The Bertz CT molecular complexity index is 592. The van der Waals surface area contributed by atoms with Crippen molar-refractivity contribution in [2.24, 2.45) is 0 Å². The van der Waals surface area contributed by atoms with Crippen LogP contribution in [0.3, 0.4) is 0 Å². The Labute approximate surface area is 107 Å². The van der Waals surface area contributed by atoms with Crippen molar-refractivity contribution < 1.29 is 17.9 Å². The van der Waals surface area contributed by atoms with Crippen LogP contribution >= 0.6 is 0 Å². The van der Waals surface area contributed by atoms with Gasteiger partial charge in [-0.2, -0.15) is 9.37 Å². The van der Waals surface area contributed by atoms with Crippen LogP contribution in [0.4, 0.5) is 19.0 Å². The molecule has 0 aliphatic heterocycles. The molecule has 4 nitrogen and oxygen atoms in total. The monoisotopic (exact) mass is 269 g/mol. The van der Waals surface area contributed by atoms with Crippen LogP contribution in [0.1, 0.15) is 5.56 Å². The molecule has 2 aromatic heterocycles. The highest BCUT2D eigenvalue weighted by atomic mass is 19.2. The van der Waals surface area contributed by atoms with E-state index < -0.39 is 17.6 Å². The van der Waals surface area contributed by atoms with E-state index in [-0.39, 0.29) is 12.4 Å². The summed E-state index contributed by atoms with van der Waals surface area (Å²) in [5.41, 5.74) is 0.635. The molecule has 2 aromatic rings. The van der Waals surface area contributed by atoms with Crippen molar-refractivity contribution in [1.29, 1.82) is 0 Å². The minimum Gasteiger partial charge on any atom is -0.481 e. The summed E-state index contributed by atoms with van der Waals surface area (Å²) in [6.07, 6.45) is 1.54. The number of methoxy groups -OCH3 is 1. The zero-order valence-electron chi connectivity index (χ0n) is 9.95. The second kappa shape index (κ2) is 5.55. The molecule has 0 amide bonds. The number of hydrogen-bond donors (Lipinski definition) is 1. The van der Waals surface area contributed by atoms with E-state index >= 15 is 0 Å². The second-order valence-electron chi connectivity index (χ2n) is 3.62. The van der Waals surface area contributed by atoms with Crippen LogP contribution < -0.4 is 10.1 Å². The minimum absolute atomic E-state index is 0.117. The van der Waals surface area contributed by atoms with Crippen molar-refractivity contribution in [3.63, 3.8) is 0 Å². The van der Waals surface area contributed by atoms with Gasteiger partial charge in [-0.3, -0.25) is 0 Å². The van der Waals surface area contributed by atoms with Gasteiger partial charge in [0.25, 0.3) is 5.95 Å². The number of halogens is 3. The van der Waals surface area contributed by atoms with E-state index in [9.17, 15) is 13.2 Å². The molecular formula is C12H10F3N3O. The number of ether oxygens (including phenoxy) is 1. The van der Waals surface area contributed by atoms with E-state index in [0.717, 1.165) is 0 Å². The largest absolute Gasteiger partial charge is 0.481 e. The Hall–Kier alpha value is -2.31. The normalized spacial score (nSPS) is 10.3. The predicted molar refractivity (Wildman–Crippen MR) is 62.2 cm³/mol. The first-order valence-corrected chi connectivity index (χ1v) is 5.35. The molecule has 0 aliphatic carbocycles. The molecule has 19 heavy (non-hydrogen) atoms. The lowest BCUT2D eigenvalue weighted by Gasteiger charge is -2.09. The third-order valence-corrected chi connectivity index (χ3v) is 2.38.